The molecule has 0 fully saturated rings. The number of thioether (sulfide) groups is 1. The zero-order valence-corrected chi connectivity index (χ0v) is 13.3. The monoisotopic (exact) mass is 331 g/mol. The number of hydrogen-bond donors (Lipinski definition) is 1. The fourth-order valence-corrected chi connectivity index (χ4v) is 2.68. The van der Waals surface area contributed by atoms with Crippen LogP contribution < -0.4 is 10.3 Å². The van der Waals surface area contributed by atoms with Gasteiger partial charge >= 0.3 is 0 Å². The summed E-state index contributed by atoms with van der Waals surface area (Å²) in [4.78, 5) is 26.2. The van der Waals surface area contributed by atoms with Crippen molar-refractivity contribution in [2.45, 2.75) is 12.1 Å². The van der Waals surface area contributed by atoms with Crippen molar-refractivity contribution in [3.63, 3.8) is 0 Å². The maximum atomic E-state index is 12.2. The largest absolute Gasteiger partial charge is 0.497 e. The summed E-state index contributed by atoms with van der Waals surface area (Å²) < 4.78 is 6.48. The van der Waals surface area contributed by atoms with E-state index in [2.05, 4.69) is 20.3 Å². The summed E-state index contributed by atoms with van der Waals surface area (Å²) in [6, 6.07) is 6.90. The Morgan fingerprint density at radius 3 is 2.74 bits per heavy atom. The van der Waals surface area contributed by atoms with Gasteiger partial charge in [-0.15, -0.1) is 10.2 Å². The first-order valence-electron chi connectivity index (χ1n) is 6.71. The Hall–Kier alpha value is -2.68. The Labute approximate surface area is 134 Å². The van der Waals surface area contributed by atoms with Gasteiger partial charge in [-0.3, -0.25) is 14.6 Å². The highest BCUT2D eigenvalue weighted by Gasteiger charge is 2.13. The third kappa shape index (κ3) is 3.09. The zero-order chi connectivity index (χ0) is 16.4. The number of nitrogens with one attached hydrogen (secondary N) is 1. The fraction of sp³-hybridized carbons (Fsp3) is 0.214. The summed E-state index contributed by atoms with van der Waals surface area (Å²) in [6.07, 6.45) is 0. The Morgan fingerprint density at radius 2 is 2.04 bits per heavy atom. The van der Waals surface area contributed by atoms with Crippen molar-refractivity contribution in [2.24, 2.45) is 0 Å². The second kappa shape index (κ2) is 6.21. The number of nitrogens with zero attached hydrogens (tertiary/aromatic N) is 4. The third-order valence-electron chi connectivity index (χ3n) is 3.16. The van der Waals surface area contributed by atoms with E-state index >= 15 is 0 Å². The molecule has 0 aliphatic carbocycles. The molecule has 0 aliphatic heterocycles. The molecule has 3 aromatic rings. The van der Waals surface area contributed by atoms with E-state index in [1.54, 1.807) is 38.3 Å². The maximum Gasteiger partial charge on any atom is 0.273 e. The lowest BCUT2D eigenvalue weighted by atomic mass is 10.1. The van der Waals surface area contributed by atoms with Crippen LogP contribution in [0.15, 0.2) is 34.2 Å². The Bertz CT molecular complexity index is 916. The molecular formula is C14H13N5O3S. The van der Waals surface area contributed by atoms with Gasteiger partial charge in [0.1, 0.15) is 11.4 Å². The summed E-state index contributed by atoms with van der Waals surface area (Å²) in [5.41, 5.74) is 0.584. The van der Waals surface area contributed by atoms with Crippen molar-refractivity contribution in [3.8, 4) is 5.75 Å². The number of aromatic amines is 1. The molecule has 0 atom stereocenters. The Morgan fingerprint density at radius 1 is 1.30 bits per heavy atom. The summed E-state index contributed by atoms with van der Waals surface area (Å²) in [6.45, 7) is 1.59. The van der Waals surface area contributed by atoms with Crippen molar-refractivity contribution in [1.29, 1.82) is 0 Å². The van der Waals surface area contributed by atoms with Crippen LogP contribution in [-0.2, 0) is 0 Å². The average molecular weight is 331 g/mol. The van der Waals surface area contributed by atoms with Gasteiger partial charge in [-0.1, -0.05) is 11.8 Å². The summed E-state index contributed by atoms with van der Waals surface area (Å²) in [7, 11) is 1.57. The van der Waals surface area contributed by atoms with Gasteiger partial charge in [0, 0.05) is 5.56 Å². The zero-order valence-electron chi connectivity index (χ0n) is 12.4. The molecule has 2 heterocycles. The van der Waals surface area contributed by atoms with E-state index in [-0.39, 0.29) is 22.9 Å². The van der Waals surface area contributed by atoms with Crippen LogP contribution in [0.3, 0.4) is 0 Å². The molecule has 1 aromatic carbocycles. The van der Waals surface area contributed by atoms with Crippen LogP contribution in [0.5, 0.6) is 5.75 Å². The summed E-state index contributed by atoms with van der Waals surface area (Å²) >= 11 is 1.21. The van der Waals surface area contributed by atoms with Gasteiger partial charge < -0.3 is 4.74 Å². The predicted octanol–water partition coefficient (Wildman–Crippen LogP) is 1.10. The van der Waals surface area contributed by atoms with Gasteiger partial charge in [0.05, 0.1) is 12.9 Å². The first-order valence-corrected chi connectivity index (χ1v) is 7.69. The van der Waals surface area contributed by atoms with Gasteiger partial charge in [-0.2, -0.15) is 9.61 Å². The minimum Gasteiger partial charge on any atom is -0.497 e. The molecule has 0 saturated heterocycles. The number of ether oxygens (including phenoxy) is 1. The molecule has 23 heavy (non-hydrogen) atoms. The number of carbonyl (C=O) groups is 1. The standard InChI is InChI=1S/C14H13N5O3S/c1-8-12(21)15-13-16-17-14(19(13)18-8)23-7-11(20)9-3-5-10(22-2)6-4-9/h3-6H,7H2,1-2H3,(H,15,16,21). The lowest BCUT2D eigenvalue weighted by Crippen LogP contribution is -2.15. The van der Waals surface area contributed by atoms with Crippen LogP contribution in [-0.4, -0.2) is 43.4 Å². The van der Waals surface area contributed by atoms with E-state index in [0.717, 1.165) is 0 Å². The van der Waals surface area contributed by atoms with Gasteiger partial charge in [-0.25, -0.2) is 0 Å². The van der Waals surface area contributed by atoms with Gasteiger partial charge in [0.15, 0.2) is 5.78 Å². The van der Waals surface area contributed by atoms with Crippen LogP contribution in [0.4, 0.5) is 0 Å². The molecule has 0 radical (unpaired) electrons. The number of hydrogen-bond acceptors (Lipinski definition) is 7. The normalized spacial score (nSPS) is 10.9. The molecule has 0 amide bonds. The maximum absolute atomic E-state index is 12.2. The summed E-state index contributed by atoms with van der Waals surface area (Å²) in [5, 5.41) is 12.3. The van der Waals surface area contributed by atoms with Crippen LogP contribution >= 0.6 is 11.8 Å². The molecular weight excluding hydrogens is 318 g/mol. The number of carbonyl (C=O) groups excluding carboxylic acids is 1. The van der Waals surface area contributed by atoms with Crippen molar-refractivity contribution in [1.82, 2.24) is 24.8 Å². The van der Waals surface area contributed by atoms with Crippen LogP contribution in [0.2, 0.25) is 0 Å². The third-order valence-corrected chi connectivity index (χ3v) is 4.08. The second-order valence-electron chi connectivity index (χ2n) is 4.70. The molecule has 0 aliphatic rings. The molecule has 118 valence electrons. The summed E-state index contributed by atoms with van der Waals surface area (Å²) in [5.74, 6) is 1.09. The quantitative estimate of drug-likeness (QED) is 0.552. The highest BCUT2D eigenvalue weighted by Crippen LogP contribution is 2.18. The molecule has 0 unspecified atom stereocenters. The smallest absolute Gasteiger partial charge is 0.273 e. The number of methoxy groups -OCH3 is 1. The number of benzene rings is 1. The van der Waals surface area contributed by atoms with Crippen molar-refractivity contribution in [3.05, 3.63) is 45.9 Å². The molecule has 0 spiro atoms. The highest BCUT2D eigenvalue weighted by molar-refractivity contribution is 7.99. The van der Waals surface area contributed by atoms with E-state index in [1.165, 1.54) is 16.3 Å². The second-order valence-corrected chi connectivity index (χ2v) is 5.64. The average Bonchev–Trinajstić information content (AvgIpc) is 2.95. The molecule has 0 saturated carbocycles. The molecule has 2 aromatic heterocycles. The van der Waals surface area contributed by atoms with Crippen LogP contribution in [0.25, 0.3) is 5.78 Å². The number of fused-ring (bicyclic) bond motifs is 1. The van der Waals surface area contributed by atoms with E-state index in [4.69, 9.17) is 4.74 Å². The predicted molar refractivity (Wildman–Crippen MR) is 84.2 cm³/mol. The molecule has 3 rings (SSSR count). The SMILES string of the molecule is COc1ccc(C(=O)CSc2nnc3[nH]c(=O)c(C)nn23)cc1. The van der Waals surface area contributed by atoms with E-state index in [9.17, 15) is 9.59 Å². The van der Waals surface area contributed by atoms with Crippen LogP contribution in [0.1, 0.15) is 16.1 Å². The Kier molecular flexibility index (Phi) is 4.11. The minimum atomic E-state index is -0.309. The lowest BCUT2D eigenvalue weighted by Gasteiger charge is -2.02. The molecule has 1 N–H and O–H groups in total. The van der Waals surface area contributed by atoms with Gasteiger partial charge in [0.2, 0.25) is 5.16 Å². The van der Waals surface area contributed by atoms with Gasteiger partial charge in [0.25, 0.3) is 11.3 Å². The van der Waals surface area contributed by atoms with Crippen molar-refractivity contribution >= 4 is 23.3 Å². The molecule has 0 bridgehead atoms. The minimum absolute atomic E-state index is 0.0458. The number of rotatable bonds is 5. The number of aryl methyl sites for hydroxylation is 1. The number of Topliss-reactive ketones (excluding diaryl/α,β-unsaturated/α-hetero) is 1. The first kappa shape index (κ1) is 15.2. The van der Waals surface area contributed by atoms with E-state index in [0.29, 0.717) is 22.2 Å². The van der Waals surface area contributed by atoms with Crippen molar-refractivity contribution in [2.75, 3.05) is 12.9 Å². The number of aromatic nitrogens is 5. The number of ketones is 1. The van der Waals surface area contributed by atoms with Crippen LogP contribution in [0, 0.1) is 6.92 Å². The molecule has 8 nitrogen and oxygen atoms in total. The lowest BCUT2D eigenvalue weighted by molar-refractivity contribution is 0.102. The van der Waals surface area contributed by atoms with E-state index in [1.807, 2.05) is 0 Å². The van der Waals surface area contributed by atoms with Gasteiger partial charge in [-0.05, 0) is 31.2 Å². The topological polar surface area (TPSA) is 102 Å². The number of H-pyrrole nitrogens is 1. The van der Waals surface area contributed by atoms with E-state index < -0.39 is 0 Å². The first-order chi connectivity index (χ1) is 11.1. The van der Waals surface area contributed by atoms with Crippen molar-refractivity contribution < 1.29 is 9.53 Å². The Balaban J connectivity index is 1.76. The highest BCUT2D eigenvalue weighted by atomic mass is 32.2. The fourth-order valence-electron chi connectivity index (χ4n) is 1.90. The molecule has 9 heteroatoms.